The van der Waals surface area contributed by atoms with Crippen LogP contribution in [0.5, 0.6) is 0 Å². The standard InChI is InChI=1S/C14H14F3N3O/c1-3-4-11(19-13(21-2)14(15,16)17)9-5-6-12-10(7-9)8-18-20-12/h4-8H,3H2,1-2H3,(H,18,20)/b11-4+,19-13-. The van der Waals surface area contributed by atoms with Gasteiger partial charge in [0.2, 0.25) is 0 Å². The second-order valence-corrected chi connectivity index (χ2v) is 4.29. The number of H-pyrrole nitrogens is 1. The van der Waals surface area contributed by atoms with Gasteiger partial charge in [-0.1, -0.05) is 19.1 Å². The number of ether oxygens (including phenoxy) is 1. The number of nitrogens with zero attached hydrogens (tertiary/aromatic N) is 2. The quantitative estimate of drug-likeness (QED) is 0.689. The third kappa shape index (κ3) is 3.42. The van der Waals surface area contributed by atoms with E-state index in [2.05, 4.69) is 19.9 Å². The third-order valence-electron chi connectivity index (χ3n) is 2.79. The van der Waals surface area contributed by atoms with Gasteiger partial charge in [0, 0.05) is 10.9 Å². The lowest BCUT2D eigenvalue weighted by Crippen LogP contribution is -2.24. The van der Waals surface area contributed by atoms with Gasteiger partial charge in [0.15, 0.2) is 0 Å². The SMILES string of the molecule is CC/C=C(/N=C(\OC)C(F)(F)F)c1ccc2[nH]ncc2c1. The molecular formula is C14H14F3N3O. The molecule has 0 spiro atoms. The molecule has 2 aromatic rings. The Morgan fingerprint density at radius 2 is 2.19 bits per heavy atom. The minimum atomic E-state index is -4.62. The molecule has 0 saturated carbocycles. The molecule has 0 saturated heterocycles. The van der Waals surface area contributed by atoms with Gasteiger partial charge in [-0.25, -0.2) is 4.99 Å². The van der Waals surface area contributed by atoms with Gasteiger partial charge in [-0.2, -0.15) is 18.3 Å². The Bertz CT molecular complexity index is 686. The van der Waals surface area contributed by atoms with Crippen LogP contribution in [0.2, 0.25) is 0 Å². The molecule has 2 rings (SSSR count). The van der Waals surface area contributed by atoms with E-state index in [4.69, 9.17) is 0 Å². The topological polar surface area (TPSA) is 50.3 Å². The van der Waals surface area contributed by atoms with Gasteiger partial charge in [0.1, 0.15) is 0 Å². The lowest BCUT2D eigenvalue weighted by molar-refractivity contribution is -0.0754. The molecule has 7 heteroatoms. The highest BCUT2D eigenvalue weighted by Crippen LogP contribution is 2.25. The molecule has 1 aromatic carbocycles. The van der Waals surface area contributed by atoms with E-state index < -0.39 is 12.1 Å². The number of halogens is 3. The Labute approximate surface area is 119 Å². The van der Waals surface area contributed by atoms with Crippen LogP contribution in [-0.4, -0.2) is 29.4 Å². The van der Waals surface area contributed by atoms with Crippen molar-refractivity contribution in [2.45, 2.75) is 19.5 Å². The molecule has 0 fully saturated rings. The normalized spacial score (nSPS) is 13.8. The number of alkyl halides is 3. The highest BCUT2D eigenvalue weighted by molar-refractivity contribution is 5.89. The highest BCUT2D eigenvalue weighted by atomic mass is 19.4. The molecule has 1 heterocycles. The summed E-state index contributed by atoms with van der Waals surface area (Å²) in [5.74, 6) is -1.27. The predicted molar refractivity (Wildman–Crippen MR) is 74.9 cm³/mol. The number of aromatic nitrogens is 2. The molecule has 1 aromatic heterocycles. The summed E-state index contributed by atoms with van der Waals surface area (Å²) >= 11 is 0. The Morgan fingerprint density at radius 3 is 2.81 bits per heavy atom. The smallest absolute Gasteiger partial charge is 0.468 e. The number of hydrogen-bond donors (Lipinski definition) is 1. The Hall–Kier alpha value is -2.31. The Balaban J connectivity index is 2.48. The molecular weight excluding hydrogens is 283 g/mol. The minimum Gasteiger partial charge on any atom is -0.478 e. The molecule has 21 heavy (non-hydrogen) atoms. The Morgan fingerprint density at radius 1 is 1.43 bits per heavy atom. The van der Waals surface area contributed by atoms with E-state index in [-0.39, 0.29) is 5.70 Å². The van der Waals surface area contributed by atoms with Crippen LogP contribution < -0.4 is 0 Å². The van der Waals surface area contributed by atoms with Crippen LogP contribution in [0, 0.1) is 0 Å². The molecule has 0 atom stereocenters. The van der Waals surface area contributed by atoms with Crippen molar-refractivity contribution in [2.24, 2.45) is 4.99 Å². The summed E-state index contributed by atoms with van der Waals surface area (Å²) < 4.78 is 42.6. The van der Waals surface area contributed by atoms with Crippen LogP contribution in [0.25, 0.3) is 16.6 Å². The fraction of sp³-hybridized carbons (Fsp3) is 0.286. The fourth-order valence-electron chi connectivity index (χ4n) is 1.86. The average molecular weight is 297 g/mol. The maximum atomic E-state index is 12.7. The zero-order valence-electron chi connectivity index (χ0n) is 11.5. The number of rotatable bonds is 3. The maximum absolute atomic E-state index is 12.7. The number of benzene rings is 1. The van der Waals surface area contributed by atoms with Gasteiger partial charge in [-0.3, -0.25) is 5.10 Å². The highest BCUT2D eigenvalue weighted by Gasteiger charge is 2.38. The van der Waals surface area contributed by atoms with E-state index in [1.807, 2.05) is 6.92 Å². The van der Waals surface area contributed by atoms with Crippen LogP contribution in [0.4, 0.5) is 13.2 Å². The molecule has 4 nitrogen and oxygen atoms in total. The van der Waals surface area contributed by atoms with E-state index in [1.54, 1.807) is 30.5 Å². The second kappa shape index (κ2) is 5.99. The van der Waals surface area contributed by atoms with Crippen LogP contribution in [-0.2, 0) is 4.74 Å². The summed E-state index contributed by atoms with van der Waals surface area (Å²) in [5, 5.41) is 7.46. The van der Waals surface area contributed by atoms with Crippen molar-refractivity contribution < 1.29 is 17.9 Å². The lowest BCUT2D eigenvalue weighted by atomic mass is 10.1. The summed E-state index contributed by atoms with van der Waals surface area (Å²) in [5.41, 5.74) is 1.60. The van der Waals surface area contributed by atoms with Gasteiger partial charge in [-0.05, 0) is 18.6 Å². The largest absolute Gasteiger partial charge is 0.478 e. The van der Waals surface area contributed by atoms with Crippen molar-refractivity contribution in [3.8, 4) is 0 Å². The van der Waals surface area contributed by atoms with Crippen molar-refractivity contribution in [3.63, 3.8) is 0 Å². The number of hydrogen-bond acceptors (Lipinski definition) is 3. The van der Waals surface area contributed by atoms with E-state index in [0.29, 0.717) is 12.0 Å². The first-order valence-corrected chi connectivity index (χ1v) is 6.29. The number of allylic oxidation sites excluding steroid dienone is 1. The molecule has 0 amide bonds. The molecule has 0 aliphatic heterocycles. The van der Waals surface area contributed by atoms with E-state index in [9.17, 15) is 13.2 Å². The third-order valence-corrected chi connectivity index (χ3v) is 2.79. The first-order chi connectivity index (χ1) is 9.95. The lowest BCUT2D eigenvalue weighted by Gasteiger charge is -2.10. The molecule has 1 N–H and O–H groups in total. The van der Waals surface area contributed by atoms with Gasteiger partial charge in [0.05, 0.1) is 24.5 Å². The average Bonchev–Trinajstić information content (AvgIpc) is 2.89. The van der Waals surface area contributed by atoms with Crippen LogP contribution in [0.1, 0.15) is 18.9 Å². The van der Waals surface area contributed by atoms with Gasteiger partial charge >= 0.3 is 6.18 Å². The van der Waals surface area contributed by atoms with E-state index in [0.717, 1.165) is 18.0 Å². The fourth-order valence-corrected chi connectivity index (χ4v) is 1.86. The first kappa shape index (κ1) is 15.1. The predicted octanol–water partition coefficient (Wildman–Crippen LogP) is 3.92. The zero-order valence-corrected chi connectivity index (χ0v) is 11.5. The summed E-state index contributed by atoms with van der Waals surface area (Å²) in [6.07, 6.45) is -0.850. The Kier molecular flexibility index (Phi) is 4.30. The van der Waals surface area contributed by atoms with Crippen molar-refractivity contribution in [2.75, 3.05) is 7.11 Å². The van der Waals surface area contributed by atoms with Gasteiger partial charge in [0.25, 0.3) is 5.90 Å². The second-order valence-electron chi connectivity index (χ2n) is 4.29. The molecule has 0 bridgehead atoms. The molecule has 0 aliphatic rings. The number of aliphatic imine (C=N–C) groups is 1. The molecule has 112 valence electrons. The zero-order chi connectivity index (χ0) is 15.5. The molecule has 0 radical (unpaired) electrons. The van der Waals surface area contributed by atoms with Crippen LogP contribution in [0.15, 0.2) is 35.5 Å². The summed E-state index contributed by atoms with van der Waals surface area (Å²) in [6, 6.07) is 5.17. The number of methoxy groups -OCH3 is 1. The van der Waals surface area contributed by atoms with Gasteiger partial charge < -0.3 is 4.74 Å². The maximum Gasteiger partial charge on any atom is 0.468 e. The molecule has 0 unspecified atom stereocenters. The number of nitrogens with one attached hydrogen (secondary N) is 1. The van der Waals surface area contributed by atoms with Gasteiger partial charge in [-0.15, -0.1) is 0 Å². The van der Waals surface area contributed by atoms with Crippen molar-refractivity contribution in [1.29, 1.82) is 0 Å². The number of aromatic amines is 1. The van der Waals surface area contributed by atoms with E-state index >= 15 is 0 Å². The minimum absolute atomic E-state index is 0.217. The summed E-state index contributed by atoms with van der Waals surface area (Å²) in [4.78, 5) is 3.62. The van der Waals surface area contributed by atoms with E-state index in [1.165, 1.54) is 0 Å². The first-order valence-electron chi connectivity index (χ1n) is 6.29. The van der Waals surface area contributed by atoms with Crippen molar-refractivity contribution >= 4 is 22.5 Å². The van der Waals surface area contributed by atoms with Crippen LogP contribution >= 0.6 is 0 Å². The monoisotopic (exact) mass is 297 g/mol. The summed E-state index contributed by atoms with van der Waals surface area (Å²) in [6.45, 7) is 1.83. The molecule has 0 aliphatic carbocycles. The van der Waals surface area contributed by atoms with Crippen molar-refractivity contribution in [1.82, 2.24) is 10.2 Å². The van der Waals surface area contributed by atoms with Crippen molar-refractivity contribution in [3.05, 3.63) is 36.0 Å². The van der Waals surface area contributed by atoms with Crippen LogP contribution in [0.3, 0.4) is 0 Å². The number of fused-ring (bicyclic) bond motifs is 1. The summed E-state index contributed by atoms with van der Waals surface area (Å²) in [7, 11) is 0.954.